The van der Waals surface area contributed by atoms with E-state index in [-0.39, 0.29) is 0 Å². The van der Waals surface area contributed by atoms with Gasteiger partial charge in [0.05, 0.1) is 0 Å². The molecule has 84 valence electrons. The first-order valence-electron chi connectivity index (χ1n) is 6.77. The van der Waals surface area contributed by atoms with Crippen molar-refractivity contribution in [1.29, 1.82) is 0 Å². The predicted molar refractivity (Wildman–Crippen MR) is 63.8 cm³/mol. The van der Waals surface area contributed by atoms with Gasteiger partial charge in [0.2, 0.25) is 0 Å². The molecule has 0 aromatic carbocycles. The van der Waals surface area contributed by atoms with Crippen LogP contribution in [0.5, 0.6) is 0 Å². The van der Waals surface area contributed by atoms with Crippen molar-refractivity contribution in [2.45, 2.75) is 70.3 Å². The number of hydrogen-bond donors (Lipinski definition) is 0. The van der Waals surface area contributed by atoms with Gasteiger partial charge in [-0.05, 0) is 37.5 Å². The standard InChI is InChI=1S/C13H23BO/c14-15-13(11-7-3-1-4-8-11)12-9-5-2-6-10-12/h11-13H,1-10H2. The fraction of sp³-hybridized carbons (Fsp3) is 1.00. The Hall–Kier alpha value is 0.0249. The minimum Gasteiger partial charge on any atom is -0.444 e. The Morgan fingerprint density at radius 2 is 1.13 bits per heavy atom. The van der Waals surface area contributed by atoms with Crippen LogP contribution in [0.1, 0.15) is 64.2 Å². The Kier molecular flexibility index (Phi) is 4.55. The first-order valence-corrected chi connectivity index (χ1v) is 6.77. The Bertz CT molecular complexity index is 153. The second-order valence-corrected chi connectivity index (χ2v) is 5.40. The molecule has 0 N–H and O–H groups in total. The maximum atomic E-state index is 5.53. The molecule has 2 saturated carbocycles. The lowest BCUT2D eigenvalue weighted by Gasteiger charge is -2.37. The fourth-order valence-electron chi connectivity index (χ4n) is 3.53. The van der Waals surface area contributed by atoms with E-state index in [0.29, 0.717) is 6.10 Å². The summed E-state index contributed by atoms with van der Waals surface area (Å²) < 4.78 is 5.33. The summed E-state index contributed by atoms with van der Waals surface area (Å²) in [5.41, 5.74) is 0. The van der Waals surface area contributed by atoms with Crippen molar-refractivity contribution < 1.29 is 4.65 Å². The molecule has 15 heavy (non-hydrogen) atoms. The molecular formula is C13H23BO. The van der Waals surface area contributed by atoms with Crippen LogP contribution >= 0.6 is 0 Å². The predicted octanol–water partition coefficient (Wildman–Crippen LogP) is 3.62. The molecule has 0 spiro atoms. The van der Waals surface area contributed by atoms with E-state index < -0.39 is 0 Å². The summed E-state index contributed by atoms with van der Waals surface area (Å²) in [5.74, 6) is 1.51. The second-order valence-electron chi connectivity index (χ2n) is 5.40. The average molecular weight is 206 g/mol. The molecule has 0 unspecified atom stereocenters. The van der Waals surface area contributed by atoms with Gasteiger partial charge in [-0.3, -0.25) is 0 Å². The molecule has 2 fully saturated rings. The highest BCUT2D eigenvalue weighted by Crippen LogP contribution is 2.36. The van der Waals surface area contributed by atoms with Gasteiger partial charge >= 0.3 is 0 Å². The maximum Gasteiger partial charge on any atom is 0.283 e. The molecule has 0 amide bonds. The molecule has 2 rings (SSSR count). The highest BCUT2D eigenvalue weighted by atomic mass is 16.4. The third kappa shape index (κ3) is 2.99. The lowest BCUT2D eigenvalue weighted by Crippen LogP contribution is -2.34. The van der Waals surface area contributed by atoms with Crippen LogP contribution in [-0.4, -0.2) is 14.2 Å². The second kappa shape index (κ2) is 5.93. The largest absolute Gasteiger partial charge is 0.444 e. The lowest BCUT2D eigenvalue weighted by atomic mass is 9.75. The third-order valence-electron chi connectivity index (χ3n) is 4.39. The first kappa shape index (κ1) is 11.5. The van der Waals surface area contributed by atoms with E-state index in [9.17, 15) is 0 Å². The van der Waals surface area contributed by atoms with Crippen molar-refractivity contribution in [3.8, 4) is 0 Å². The Labute approximate surface area is 95.4 Å². The van der Waals surface area contributed by atoms with E-state index in [1.807, 2.05) is 0 Å². The molecule has 0 aromatic heterocycles. The van der Waals surface area contributed by atoms with Gasteiger partial charge in [0.15, 0.2) is 0 Å². The normalized spacial score (nSPS) is 25.9. The molecule has 2 radical (unpaired) electrons. The maximum absolute atomic E-state index is 5.53. The minimum absolute atomic E-state index is 0.366. The molecule has 0 aliphatic heterocycles. The monoisotopic (exact) mass is 206 g/mol. The molecule has 2 aliphatic carbocycles. The topological polar surface area (TPSA) is 9.23 Å². The smallest absolute Gasteiger partial charge is 0.283 e. The molecular weight excluding hydrogens is 183 g/mol. The zero-order chi connectivity index (χ0) is 10.5. The Morgan fingerprint density at radius 1 is 0.733 bits per heavy atom. The van der Waals surface area contributed by atoms with Crippen LogP contribution < -0.4 is 0 Å². The van der Waals surface area contributed by atoms with Crippen LogP contribution in [0.4, 0.5) is 0 Å². The van der Waals surface area contributed by atoms with Crippen LogP contribution in [0.2, 0.25) is 0 Å². The SMILES string of the molecule is [B]OC(C1CCCCC1)C1CCCCC1. The van der Waals surface area contributed by atoms with E-state index in [0.717, 1.165) is 11.8 Å². The average Bonchev–Trinajstić information content (AvgIpc) is 2.33. The summed E-state index contributed by atoms with van der Waals surface area (Å²) in [7, 11) is 5.53. The third-order valence-corrected chi connectivity index (χ3v) is 4.39. The van der Waals surface area contributed by atoms with Gasteiger partial charge in [0, 0.05) is 6.10 Å². The molecule has 0 atom stereocenters. The molecule has 2 aliphatic rings. The Morgan fingerprint density at radius 3 is 1.47 bits per heavy atom. The fourth-order valence-corrected chi connectivity index (χ4v) is 3.53. The molecule has 0 heterocycles. The van der Waals surface area contributed by atoms with Crippen LogP contribution in [0.25, 0.3) is 0 Å². The summed E-state index contributed by atoms with van der Waals surface area (Å²) in [4.78, 5) is 0. The van der Waals surface area contributed by atoms with Gasteiger partial charge in [-0.2, -0.15) is 0 Å². The quantitative estimate of drug-likeness (QED) is 0.641. The van der Waals surface area contributed by atoms with Gasteiger partial charge in [0.1, 0.15) is 0 Å². The zero-order valence-corrected chi connectivity index (χ0v) is 9.79. The molecule has 0 aromatic rings. The first-order chi connectivity index (χ1) is 7.42. The van der Waals surface area contributed by atoms with Crippen molar-refractivity contribution >= 4 is 8.05 Å². The number of hydrogen-bond acceptors (Lipinski definition) is 1. The molecule has 0 bridgehead atoms. The summed E-state index contributed by atoms with van der Waals surface area (Å²) in [6.07, 6.45) is 14.1. The van der Waals surface area contributed by atoms with Crippen LogP contribution in [0.15, 0.2) is 0 Å². The highest BCUT2D eigenvalue weighted by Gasteiger charge is 2.30. The molecule has 0 saturated heterocycles. The zero-order valence-electron chi connectivity index (χ0n) is 9.79. The molecule has 1 nitrogen and oxygen atoms in total. The van der Waals surface area contributed by atoms with E-state index in [2.05, 4.69) is 0 Å². The lowest BCUT2D eigenvalue weighted by molar-refractivity contribution is 0.0460. The van der Waals surface area contributed by atoms with E-state index in [4.69, 9.17) is 12.7 Å². The summed E-state index contributed by atoms with van der Waals surface area (Å²) >= 11 is 0. The summed E-state index contributed by atoms with van der Waals surface area (Å²) in [6, 6.07) is 0. The van der Waals surface area contributed by atoms with Crippen LogP contribution in [0.3, 0.4) is 0 Å². The van der Waals surface area contributed by atoms with Gasteiger partial charge in [0.25, 0.3) is 8.05 Å². The Balaban J connectivity index is 1.88. The van der Waals surface area contributed by atoms with Crippen molar-refractivity contribution in [2.75, 3.05) is 0 Å². The van der Waals surface area contributed by atoms with Gasteiger partial charge in [-0.15, -0.1) is 0 Å². The van der Waals surface area contributed by atoms with Gasteiger partial charge in [-0.1, -0.05) is 38.5 Å². The van der Waals surface area contributed by atoms with Crippen molar-refractivity contribution in [3.05, 3.63) is 0 Å². The van der Waals surface area contributed by atoms with Crippen molar-refractivity contribution in [1.82, 2.24) is 0 Å². The van der Waals surface area contributed by atoms with Crippen molar-refractivity contribution in [3.63, 3.8) is 0 Å². The van der Waals surface area contributed by atoms with Gasteiger partial charge < -0.3 is 4.65 Å². The van der Waals surface area contributed by atoms with Crippen LogP contribution in [-0.2, 0) is 4.65 Å². The minimum atomic E-state index is 0.366. The number of rotatable bonds is 3. The summed E-state index contributed by atoms with van der Waals surface area (Å²) in [6.45, 7) is 0. The highest BCUT2D eigenvalue weighted by molar-refractivity contribution is 5.98. The van der Waals surface area contributed by atoms with E-state index in [1.165, 1.54) is 64.2 Å². The van der Waals surface area contributed by atoms with E-state index >= 15 is 0 Å². The molecule has 2 heteroatoms. The van der Waals surface area contributed by atoms with E-state index in [1.54, 1.807) is 0 Å². The summed E-state index contributed by atoms with van der Waals surface area (Å²) in [5, 5.41) is 0. The van der Waals surface area contributed by atoms with Gasteiger partial charge in [-0.25, -0.2) is 0 Å². The van der Waals surface area contributed by atoms with Crippen LogP contribution in [0, 0.1) is 11.8 Å². The van der Waals surface area contributed by atoms with Crippen molar-refractivity contribution in [2.24, 2.45) is 11.8 Å².